The first kappa shape index (κ1) is 12.4. The van der Waals surface area contributed by atoms with E-state index >= 15 is 0 Å². The van der Waals surface area contributed by atoms with Crippen LogP contribution in [0.4, 0.5) is 0 Å². The highest BCUT2D eigenvalue weighted by atomic mass is 15.2. The Morgan fingerprint density at radius 1 is 1.54 bits per heavy atom. The molecular weight excluding hydrogens is 162 g/mol. The number of nitrogens with two attached hydrogens (primary N) is 1. The van der Waals surface area contributed by atoms with Crippen LogP contribution in [0.25, 0.3) is 0 Å². The van der Waals surface area contributed by atoms with Crippen LogP contribution >= 0.6 is 0 Å². The molecule has 0 rings (SSSR count). The van der Waals surface area contributed by atoms with E-state index in [2.05, 4.69) is 31.7 Å². The fourth-order valence-corrected chi connectivity index (χ4v) is 1.30. The fraction of sp³-hybridized carbons (Fsp3) is 0.900. The van der Waals surface area contributed by atoms with Gasteiger partial charge in [-0.1, -0.05) is 6.92 Å². The van der Waals surface area contributed by atoms with Crippen molar-refractivity contribution in [1.82, 2.24) is 4.90 Å². The molecule has 0 aromatic rings. The summed E-state index contributed by atoms with van der Waals surface area (Å²) in [5, 5.41) is 8.71. The third-order valence-electron chi connectivity index (χ3n) is 2.45. The van der Waals surface area contributed by atoms with Gasteiger partial charge in [0, 0.05) is 18.6 Å². The van der Waals surface area contributed by atoms with Crippen molar-refractivity contribution in [2.45, 2.75) is 33.2 Å². The summed E-state index contributed by atoms with van der Waals surface area (Å²) >= 11 is 0. The Morgan fingerprint density at radius 2 is 2.08 bits per heavy atom. The molecule has 0 saturated carbocycles. The van der Waals surface area contributed by atoms with Crippen molar-refractivity contribution in [3.05, 3.63) is 0 Å². The molecule has 1 unspecified atom stereocenters. The molecule has 0 aliphatic heterocycles. The maximum atomic E-state index is 8.71. The van der Waals surface area contributed by atoms with Crippen LogP contribution in [0, 0.1) is 17.2 Å². The minimum Gasteiger partial charge on any atom is -0.329 e. The van der Waals surface area contributed by atoms with Gasteiger partial charge in [-0.2, -0.15) is 5.26 Å². The van der Waals surface area contributed by atoms with Gasteiger partial charge in [0.05, 0.1) is 12.0 Å². The van der Waals surface area contributed by atoms with Gasteiger partial charge in [-0.25, -0.2) is 0 Å². The van der Waals surface area contributed by atoms with Crippen LogP contribution in [-0.4, -0.2) is 30.1 Å². The average Bonchev–Trinajstić information content (AvgIpc) is 2.13. The third kappa shape index (κ3) is 3.75. The normalized spacial score (nSPS) is 14.2. The second kappa shape index (κ2) is 5.21. The molecule has 0 heterocycles. The van der Waals surface area contributed by atoms with Crippen LogP contribution in [0.15, 0.2) is 0 Å². The van der Waals surface area contributed by atoms with Gasteiger partial charge in [-0.3, -0.25) is 4.90 Å². The molecule has 0 amide bonds. The topological polar surface area (TPSA) is 53.0 Å². The molecule has 0 aromatic carbocycles. The zero-order valence-corrected chi connectivity index (χ0v) is 9.17. The first-order valence-electron chi connectivity index (χ1n) is 4.82. The number of rotatable bonds is 5. The molecular formula is C10H21N3. The van der Waals surface area contributed by atoms with Crippen molar-refractivity contribution in [2.24, 2.45) is 11.7 Å². The number of hydrogen-bond acceptors (Lipinski definition) is 3. The summed E-state index contributed by atoms with van der Waals surface area (Å²) in [7, 11) is 0. The van der Waals surface area contributed by atoms with E-state index in [-0.39, 0.29) is 11.5 Å². The maximum Gasteiger partial charge on any atom is 0.0666 e. The van der Waals surface area contributed by atoms with E-state index in [1.165, 1.54) is 0 Å². The molecule has 0 saturated heterocycles. The van der Waals surface area contributed by atoms with Crippen molar-refractivity contribution in [2.75, 3.05) is 19.6 Å². The van der Waals surface area contributed by atoms with E-state index in [9.17, 15) is 0 Å². The van der Waals surface area contributed by atoms with Gasteiger partial charge in [0.1, 0.15) is 0 Å². The lowest BCUT2D eigenvalue weighted by Crippen LogP contribution is -2.50. The quantitative estimate of drug-likeness (QED) is 0.697. The van der Waals surface area contributed by atoms with Crippen molar-refractivity contribution < 1.29 is 0 Å². The van der Waals surface area contributed by atoms with Gasteiger partial charge in [-0.05, 0) is 27.3 Å². The van der Waals surface area contributed by atoms with Crippen molar-refractivity contribution in [3.8, 4) is 6.07 Å². The Balaban J connectivity index is 4.27. The zero-order chi connectivity index (χ0) is 10.5. The van der Waals surface area contributed by atoms with E-state index in [0.717, 1.165) is 13.1 Å². The van der Waals surface area contributed by atoms with Crippen molar-refractivity contribution in [3.63, 3.8) is 0 Å². The first-order chi connectivity index (χ1) is 5.97. The molecule has 0 fully saturated rings. The molecule has 0 bridgehead atoms. The van der Waals surface area contributed by atoms with Gasteiger partial charge in [0.15, 0.2) is 0 Å². The largest absolute Gasteiger partial charge is 0.329 e. The minimum atomic E-state index is -0.000139. The molecule has 3 nitrogen and oxygen atoms in total. The standard InChI is InChI=1S/C10H21N3/c1-5-13(7-9(2)6-11)10(3,4)8-12/h9H,5,7-8,12H2,1-4H3. The molecule has 0 aliphatic carbocycles. The highest BCUT2D eigenvalue weighted by molar-refractivity contribution is 4.88. The summed E-state index contributed by atoms with van der Waals surface area (Å²) in [4.78, 5) is 2.25. The van der Waals surface area contributed by atoms with Crippen LogP contribution in [0.2, 0.25) is 0 Å². The molecule has 0 aromatic heterocycles. The summed E-state index contributed by atoms with van der Waals surface area (Å²) in [5.41, 5.74) is 5.68. The van der Waals surface area contributed by atoms with E-state index in [1.54, 1.807) is 0 Å². The predicted molar refractivity (Wildman–Crippen MR) is 55.2 cm³/mol. The number of hydrogen-bond donors (Lipinski definition) is 1. The summed E-state index contributed by atoms with van der Waals surface area (Å²) in [5.74, 6) is 0.0748. The van der Waals surface area contributed by atoms with Crippen LogP contribution in [0.5, 0.6) is 0 Å². The van der Waals surface area contributed by atoms with Gasteiger partial charge in [-0.15, -0.1) is 0 Å². The lowest BCUT2D eigenvalue weighted by molar-refractivity contribution is 0.124. The second-order valence-corrected chi connectivity index (χ2v) is 4.09. The summed E-state index contributed by atoms with van der Waals surface area (Å²) in [6.07, 6.45) is 0. The maximum absolute atomic E-state index is 8.71. The van der Waals surface area contributed by atoms with Gasteiger partial charge < -0.3 is 5.73 Å². The summed E-state index contributed by atoms with van der Waals surface area (Å²) in [6.45, 7) is 10.6. The van der Waals surface area contributed by atoms with Crippen LogP contribution in [0.3, 0.4) is 0 Å². The Morgan fingerprint density at radius 3 is 2.38 bits per heavy atom. The highest BCUT2D eigenvalue weighted by Gasteiger charge is 2.24. The fourth-order valence-electron chi connectivity index (χ4n) is 1.30. The van der Waals surface area contributed by atoms with Gasteiger partial charge in [0.25, 0.3) is 0 Å². The number of likely N-dealkylation sites (N-methyl/N-ethyl adjacent to an activating group) is 1. The smallest absolute Gasteiger partial charge is 0.0666 e. The van der Waals surface area contributed by atoms with E-state index < -0.39 is 0 Å². The molecule has 0 spiro atoms. The lowest BCUT2D eigenvalue weighted by Gasteiger charge is -2.37. The lowest BCUT2D eigenvalue weighted by atomic mass is 10.0. The molecule has 0 radical (unpaired) electrons. The molecule has 76 valence electrons. The van der Waals surface area contributed by atoms with E-state index in [4.69, 9.17) is 11.0 Å². The summed E-state index contributed by atoms with van der Waals surface area (Å²) < 4.78 is 0. The van der Waals surface area contributed by atoms with E-state index in [0.29, 0.717) is 6.54 Å². The van der Waals surface area contributed by atoms with Gasteiger partial charge in [0.2, 0.25) is 0 Å². The Kier molecular flexibility index (Phi) is 4.97. The van der Waals surface area contributed by atoms with Crippen molar-refractivity contribution in [1.29, 1.82) is 5.26 Å². The SMILES string of the molecule is CCN(CC(C)C#N)C(C)(C)CN. The Bertz CT molecular complexity index is 181. The molecule has 0 aliphatic rings. The summed E-state index contributed by atoms with van der Waals surface area (Å²) in [6, 6.07) is 2.24. The zero-order valence-electron chi connectivity index (χ0n) is 9.17. The average molecular weight is 183 g/mol. The second-order valence-electron chi connectivity index (χ2n) is 4.09. The van der Waals surface area contributed by atoms with E-state index in [1.807, 2.05) is 6.92 Å². The Hall–Kier alpha value is -0.590. The highest BCUT2D eigenvalue weighted by Crippen LogP contribution is 2.14. The predicted octanol–water partition coefficient (Wildman–Crippen LogP) is 1.21. The molecule has 13 heavy (non-hydrogen) atoms. The molecule has 3 heteroatoms. The van der Waals surface area contributed by atoms with Crippen LogP contribution in [0.1, 0.15) is 27.7 Å². The molecule has 2 N–H and O–H groups in total. The minimum absolute atomic E-state index is 0.000139. The number of nitrogens with zero attached hydrogens (tertiary/aromatic N) is 2. The van der Waals surface area contributed by atoms with Crippen molar-refractivity contribution >= 4 is 0 Å². The monoisotopic (exact) mass is 183 g/mol. The third-order valence-corrected chi connectivity index (χ3v) is 2.45. The van der Waals surface area contributed by atoms with Crippen LogP contribution in [-0.2, 0) is 0 Å². The Labute approximate surface area is 81.5 Å². The molecule has 1 atom stereocenters. The first-order valence-corrected chi connectivity index (χ1v) is 4.82. The van der Waals surface area contributed by atoms with Gasteiger partial charge >= 0.3 is 0 Å². The number of nitriles is 1. The van der Waals surface area contributed by atoms with Crippen LogP contribution < -0.4 is 5.73 Å².